The predicted molar refractivity (Wildman–Crippen MR) is 299 cm³/mol. The first-order valence-electron chi connectivity index (χ1n) is 25.3. The molecule has 0 bridgehead atoms. The Balaban J connectivity index is 1.03. The second kappa shape index (κ2) is 16.1. The summed E-state index contributed by atoms with van der Waals surface area (Å²) in [5, 5.41) is 0. The van der Waals surface area contributed by atoms with Crippen LogP contribution in [0.5, 0.6) is 0 Å². The molecule has 3 aliphatic carbocycles. The second-order valence-electron chi connectivity index (χ2n) is 20.3. The SMILES string of the molecule is CC1(C)c2ccccc2-c2ccc(-c3cccc(N(c4ccc5c(c4)C(c4ccccc4)(c4ccccc4)c4ccccc4-5)c4ccc5c(c4)C(c4ccccc4)(c4ccccc4)c4ccccc4-5)c3)cc21. The van der Waals surface area contributed by atoms with E-state index in [0.29, 0.717) is 0 Å². The van der Waals surface area contributed by atoms with Crippen LogP contribution in [-0.2, 0) is 16.2 Å². The molecule has 0 amide bonds. The number of hydrogen-bond donors (Lipinski definition) is 0. The smallest absolute Gasteiger partial charge is 0.0714 e. The van der Waals surface area contributed by atoms with Crippen LogP contribution in [0.1, 0.15) is 69.5 Å². The molecule has 0 saturated carbocycles. The summed E-state index contributed by atoms with van der Waals surface area (Å²) < 4.78 is 0. The lowest BCUT2D eigenvalue weighted by molar-refractivity contribution is 0.660. The molecule has 0 spiro atoms. The minimum Gasteiger partial charge on any atom is -0.310 e. The van der Waals surface area contributed by atoms with Gasteiger partial charge in [-0.05, 0) is 143 Å². The number of hydrogen-bond acceptors (Lipinski definition) is 1. The summed E-state index contributed by atoms with van der Waals surface area (Å²) in [4.78, 5) is 2.52. The van der Waals surface area contributed by atoms with Gasteiger partial charge in [-0.3, -0.25) is 0 Å². The van der Waals surface area contributed by atoms with Gasteiger partial charge in [0.25, 0.3) is 0 Å². The van der Waals surface area contributed by atoms with Crippen molar-refractivity contribution in [1.82, 2.24) is 0 Å². The van der Waals surface area contributed by atoms with Crippen LogP contribution in [0.15, 0.2) is 273 Å². The molecule has 0 saturated heterocycles. The topological polar surface area (TPSA) is 3.24 Å². The zero-order valence-corrected chi connectivity index (χ0v) is 40.4. The summed E-state index contributed by atoms with van der Waals surface area (Å²) in [5.74, 6) is 0. The van der Waals surface area contributed by atoms with Gasteiger partial charge >= 0.3 is 0 Å². The van der Waals surface area contributed by atoms with Gasteiger partial charge in [-0.2, -0.15) is 0 Å². The largest absolute Gasteiger partial charge is 0.310 e. The summed E-state index contributed by atoms with van der Waals surface area (Å²) >= 11 is 0. The first-order valence-corrected chi connectivity index (χ1v) is 25.3. The van der Waals surface area contributed by atoms with E-state index < -0.39 is 10.8 Å². The van der Waals surface area contributed by atoms with Gasteiger partial charge in [-0.25, -0.2) is 0 Å². The van der Waals surface area contributed by atoms with Crippen molar-refractivity contribution in [1.29, 1.82) is 0 Å². The first-order chi connectivity index (χ1) is 35.5. The summed E-state index contributed by atoms with van der Waals surface area (Å²) in [6, 6.07) is 102. The highest BCUT2D eigenvalue weighted by Crippen LogP contribution is 2.60. The fourth-order valence-electron chi connectivity index (χ4n) is 13.3. The van der Waals surface area contributed by atoms with E-state index >= 15 is 0 Å². The van der Waals surface area contributed by atoms with Crippen LogP contribution in [0.2, 0.25) is 0 Å². The van der Waals surface area contributed by atoms with E-state index in [4.69, 9.17) is 0 Å². The van der Waals surface area contributed by atoms with E-state index in [1.54, 1.807) is 0 Å². The van der Waals surface area contributed by atoms with Crippen molar-refractivity contribution in [3.8, 4) is 44.5 Å². The third-order valence-corrected chi connectivity index (χ3v) is 16.4. The number of benzene rings is 11. The molecule has 0 fully saturated rings. The summed E-state index contributed by atoms with van der Waals surface area (Å²) in [6.45, 7) is 4.74. The lowest BCUT2D eigenvalue weighted by Crippen LogP contribution is -2.29. The van der Waals surface area contributed by atoms with Crippen molar-refractivity contribution >= 4 is 17.1 Å². The molecular weight excluding hydrogens is 867 g/mol. The highest BCUT2D eigenvalue weighted by Gasteiger charge is 2.48. The van der Waals surface area contributed by atoms with Crippen LogP contribution in [0.25, 0.3) is 44.5 Å². The van der Waals surface area contributed by atoms with E-state index in [9.17, 15) is 0 Å². The van der Waals surface area contributed by atoms with E-state index in [1.807, 2.05) is 0 Å². The van der Waals surface area contributed by atoms with Crippen LogP contribution >= 0.6 is 0 Å². The molecule has 72 heavy (non-hydrogen) atoms. The lowest BCUT2D eigenvalue weighted by atomic mass is 9.67. The van der Waals surface area contributed by atoms with E-state index in [2.05, 4.69) is 292 Å². The van der Waals surface area contributed by atoms with E-state index in [0.717, 1.165) is 17.1 Å². The normalized spacial score (nSPS) is 14.6. The van der Waals surface area contributed by atoms with Crippen LogP contribution in [0.3, 0.4) is 0 Å². The Morgan fingerprint density at radius 3 is 1.06 bits per heavy atom. The van der Waals surface area contributed by atoms with Crippen molar-refractivity contribution in [2.24, 2.45) is 0 Å². The summed E-state index contributed by atoms with van der Waals surface area (Å²) in [6.07, 6.45) is 0. The van der Waals surface area contributed by atoms with Crippen LogP contribution < -0.4 is 4.90 Å². The molecule has 0 N–H and O–H groups in total. The molecule has 340 valence electrons. The van der Waals surface area contributed by atoms with Crippen LogP contribution in [0.4, 0.5) is 17.1 Å². The lowest BCUT2D eigenvalue weighted by Gasteiger charge is -2.36. The highest BCUT2D eigenvalue weighted by atomic mass is 15.1. The Kier molecular flexibility index (Phi) is 9.44. The monoisotopic (exact) mass is 917 g/mol. The van der Waals surface area contributed by atoms with Crippen LogP contribution in [0, 0.1) is 0 Å². The first kappa shape index (κ1) is 42.1. The van der Waals surface area contributed by atoms with Crippen molar-refractivity contribution in [3.63, 3.8) is 0 Å². The molecule has 1 heteroatoms. The molecular formula is C71H51N. The molecule has 14 rings (SSSR count). The van der Waals surface area contributed by atoms with Gasteiger partial charge in [0.2, 0.25) is 0 Å². The standard InChI is InChI=1S/C71H51N/c1-69(2)63-35-18-15-32-57(63)60-41-38-49(45-66(60)69)48-22-21-31-54(44-48)72(55-39-42-61-58-33-16-19-36-64(58)70(67(61)46-55,50-23-7-3-8-24-50)51-25-9-4-10-26-51)56-40-43-62-59-34-17-20-37-65(59)71(68(62)47-56,52-27-11-5-12-28-52)53-29-13-6-14-30-53/h3-47H,1-2H3. The van der Waals surface area contributed by atoms with Gasteiger partial charge in [0.05, 0.1) is 10.8 Å². The van der Waals surface area contributed by atoms with Gasteiger partial charge in [-0.1, -0.05) is 244 Å². The number of fused-ring (bicyclic) bond motifs is 9. The molecule has 0 aromatic heterocycles. The van der Waals surface area contributed by atoms with Crippen molar-refractivity contribution in [3.05, 3.63) is 329 Å². The molecule has 11 aromatic rings. The fourth-order valence-corrected chi connectivity index (χ4v) is 13.3. The average Bonchev–Trinajstić information content (AvgIpc) is 4.01. The van der Waals surface area contributed by atoms with Gasteiger partial charge in [0, 0.05) is 22.5 Å². The third-order valence-electron chi connectivity index (χ3n) is 16.4. The Bertz CT molecular complexity index is 3630. The minimum atomic E-state index is -0.553. The number of nitrogens with zero attached hydrogens (tertiary/aromatic N) is 1. The Morgan fingerprint density at radius 2 is 0.583 bits per heavy atom. The quantitative estimate of drug-likeness (QED) is 0.147. The van der Waals surface area contributed by atoms with E-state index in [-0.39, 0.29) is 5.41 Å². The maximum atomic E-state index is 2.52. The zero-order valence-electron chi connectivity index (χ0n) is 40.4. The van der Waals surface area contributed by atoms with Crippen molar-refractivity contribution in [2.45, 2.75) is 30.1 Å². The number of anilines is 3. The van der Waals surface area contributed by atoms with E-state index in [1.165, 1.54) is 100 Å². The van der Waals surface area contributed by atoms with Gasteiger partial charge in [0.15, 0.2) is 0 Å². The molecule has 0 unspecified atom stereocenters. The molecule has 0 aliphatic heterocycles. The Morgan fingerprint density at radius 1 is 0.236 bits per heavy atom. The maximum absolute atomic E-state index is 2.52. The molecule has 0 atom stereocenters. The van der Waals surface area contributed by atoms with Gasteiger partial charge in [0.1, 0.15) is 0 Å². The Hall–Kier alpha value is -8.78. The molecule has 1 nitrogen and oxygen atoms in total. The summed E-state index contributed by atoms with van der Waals surface area (Å²) in [7, 11) is 0. The van der Waals surface area contributed by atoms with Gasteiger partial charge < -0.3 is 4.90 Å². The van der Waals surface area contributed by atoms with Crippen molar-refractivity contribution in [2.75, 3.05) is 4.90 Å². The van der Waals surface area contributed by atoms with Gasteiger partial charge in [-0.15, -0.1) is 0 Å². The second-order valence-corrected chi connectivity index (χ2v) is 20.3. The number of rotatable bonds is 8. The maximum Gasteiger partial charge on any atom is 0.0714 e. The Labute approximate surface area is 423 Å². The minimum absolute atomic E-state index is 0.108. The molecule has 0 radical (unpaired) electrons. The predicted octanol–water partition coefficient (Wildman–Crippen LogP) is 17.9. The average molecular weight is 918 g/mol. The molecule has 11 aromatic carbocycles. The van der Waals surface area contributed by atoms with Crippen molar-refractivity contribution < 1.29 is 0 Å². The third kappa shape index (κ3) is 5.95. The zero-order chi connectivity index (χ0) is 48.0. The van der Waals surface area contributed by atoms with Crippen LogP contribution in [-0.4, -0.2) is 0 Å². The molecule has 3 aliphatic rings. The molecule has 0 heterocycles. The summed E-state index contributed by atoms with van der Waals surface area (Å²) in [5.41, 5.74) is 25.1. The fraction of sp³-hybridized carbons (Fsp3) is 0.0704. The highest BCUT2D eigenvalue weighted by molar-refractivity contribution is 5.93.